The van der Waals surface area contributed by atoms with Crippen LogP contribution in [0.2, 0.25) is 0 Å². The van der Waals surface area contributed by atoms with Crippen molar-refractivity contribution < 1.29 is 28.9 Å². The molecule has 1 aromatic heterocycles. The fourth-order valence-corrected chi connectivity index (χ4v) is 5.73. The monoisotopic (exact) mass is 617 g/mol. The quantitative estimate of drug-likeness (QED) is 0.185. The molecule has 2 heterocycles. The van der Waals surface area contributed by atoms with Crippen LogP contribution in [-0.2, 0) is 44.0 Å². The second-order valence-corrected chi connectivity index (χ2v) is 11.5. The summed E-state index contributed by atoms with van der Waals surface area (Å²) in [6.07, 6.45) is -1.08. The van der Waals surface area contributed by atoms with E-state index in [4.69, 9.17) is 14.2 Å². The van der Waals surface area contributed by atoms with Crippen molar-refractivity contribution in [1.29, 1.82) is 0 Å². The molecule has 0 aliphatic carbocycles. The molecule has 1 fully saturated rings. The van der Waals surface area contributed by atoms with Gasteiger partial charge in [-0.1, -0.05) is 78.5 Å². The molecule has 230 valence electrons. The summed E-state index contributed by atoms with van der Waals surface area (Å²) < 4.78 is 19.5. The number of carbonyl (C=O) groups is 2. The van der Waals surface area contributed by atoms with Crippen molar-refractivity contribution in [1.82, 2.24) is 25.5 Å². The molecule has 2 N–H and O–H groups in total. The van der Waals surface area contributed by atoms with Crippen LogP contribution in [-0.4, -0.2) is 55.2 Å². The van der Waals surface area contributed by atoms with Crippen molar-refractivity contribution in [3.8, 4) is 11.1 Å². The summed E-state index contributed by atoms with van der Waals surface area (Å²) in [5.41, 5.74) is 5.68. The number of nitrogens with one attached hydrogen (secondary N) is 1. The lowest BCUT2D eigenvalue weighted by molar-refractivity contribution is -0.245. The Morgan fingerprint density at radius 1 is 1.05 bits per heavy atom. The Kier molecular flexibility index (Phi) is 10.4. The molecule has 11 nitrogen and oxygen atoms in total. The summed E-state index contributed by atoms with van der Waals surface area (Å²) in [5.74, 6) is -0.196. The number of ether oxygens (including phenoxy) is 3. The van der Waals surface area contributed by atoms with Gasteiger partial charge in [0.15, 0.2) is 12.4 Å². The van der Waals surface area contributed by atoms with Crippen LogP contribution < -0.4 is 5.32 Å². The van der Waals surface area contributed by atoms with E-state index in [2.05, 4.69) is 20.8 Å². The molecule has 1 aliphatic heterocycles. The van der Waals surface area contributed by atoms with Crippen molar-refractivity contribution in [2.75, 3.05) is 5.75 Å². The predicted molar refractivity (Wildman–Crippen MR) is 163 cm³/mol. The average molecular weight is 618 g/mol. The molecule has 3 aromatic carbocycles. The lowest BCUT2D eigenvalue weighted by Gasteiger charge is -2.36. The number of aliphatic hydroxyl groups is 1. The molecule has 4 aromatic rings. The number of carbonyl (C=O) groups excluding carboxylic acids is 2. The molecular weight excluding hydrogens is 582 g/mol. The molecule has 44 heavy (non-hydrogen) atoms. The fourth-order valence-electron chi connectivity index (χ4n) is 4.86. The van der Waals surface area contributed by atoms with Crippen molar-refractivity contribution >= 4 is 23.6 Å². The Balaban J connectivity index is 1.28. The Morgan fingerprint density at radius 2 is 1.80 bits per heavy atom. The van der Waals surface area contributed by atoms with Gasteiger partial charge in [0.25, 0.3) is 5.91 Å². The van der Waals surface area contributed by atoms with Crippen molar-refractivity contribution in [3.63, 3.8) is 0 Å². The molecule has 4 atom stereocenters. The Hall–Kier alpha value is -4.10. The summed E-state index contributed by atoms with van der Waals surface area (Å²) in [5, 5.41) is 24.7. The molecule has 0 radical (unpaired) electrons. The van der Waals surface area contributed by atoms with E-state index in [9.17, 15) is 14.7 Å². The number of thioether (sulfide) groups is 1. The SMILES string of the molecule is CC(=O)OC(C)C(=O)NCc1cccc(-c2ccc(C3OC(CSc4nnnn4C)CC(c4ccc(CO)cc4)O3)cc2)c1. The van der Waals surface area contributed by atoms with Gasteiger partial charge in [0, 0.05) is 38.3 Å². The number of hydrogen-bond donors (Lipinski definition) is 2. The van der Waals surface area contributed by atoms with Gasteiger partial charge in [-0.15, -0.1) is 5.10 Å². The maximum absolute atomic E-state index is 12.2. The number of hydrogen-bond acceptors (Lipinski definition) is 10. The minimum Gasteiger partial charge on any atom is -0.453 e. The van der Waals surface area contributed by atoms with Gasteiger partial charge in [-0.2, -0.15) is 0 Å². The average Bonchev–Trinajstić information content (AvgIpc) is 3.46. The first-order valence-corrected chi connectivity index (χ1v) is 15.3. The third-order valence-electron chi connectivity index (χ3n) is 7.22. The van der Waals surface area contributed by atoms with Crippen LogP contribution in [0.15, 0.2) is 78.0 Å². The molecule has 12 heteroatoms. The molecule has 1 aliphatic rings. The summed E-state index contributed by atoms with van der Waals surface area (Å²) >= 11 is 1.54. The van der Waals surface area contributed by atoms with Crippen molar-refractivity contribution in [2.45, 2.75) is 63.2 Å². The number of rotatable bonds is 11. The maximum atomic E-state index is 12.2. The van der Waals surface area contributed by atoms with Gasteiger partial charge in [0.2, 0.25) is 5.16 Å². The van der Waals surface area contributed by atoms with E-state index in [1.54, 1.807) is 18.7 Å². The van der Waals surface area contributed by atoms with Crippen molar-refractivity contribution in [3.05, 3.63) is 95.1 Å². The van der Waals surface area contributed by atoms with Crippen LogP contribution in [0.5, 0.6) is 0 Å². The summed E-state index contributed by atoms with van der Waals surface area (Å²) in [6, 6.07) is 23.8. The number of benzene rings is 3. The Bertz CT molecular complexity index is 1560. The van der Waals surface area contributed by atoms with E-state index in [0.29, 0.717) is 23.9 Å². The zero-order valence-electron chi connectivity index (χ0n) is 24.8. The van der Waals surface area contributed by atoms with Gasteiger partial charge in [0.05, 0.1) is 18.8 Å². The van der Waals surface area contributed by atoms with E-state index < -0.39 is 18.4 Å². The highest BCUT2D eigenvalue weighted by Gasteiger charge is 2.32. The molecule has 1 amide bonds. The highest BCUT2D eigenvalue weighted by atomic mass is 32.2. The topological polar surface area (TPSA) is 138 Å². The van der Waals surface area contributed by atoms with Gasteiger partial charge in [-0.05, 0) is 51.2 Å². The van der Waals surface area contributed by atoms with Gasteiger partial charge in [0.1, 0.15) is 0 Å². The van der Waals surface area contributed by atoms with Crippen LogP contribution in [0.25, 0.3) is 11.1 Å². The van der Waals surface area contributed by atoms with Crippen LogP contribution in [0, 0.1) is 0 Å². The minimum absolute atomic E-state index is 0.0122. The van der Waals surface area contributed by atoms with Gasteiger partial charge in [-0.3, -0.25) is 9.59 Å². The lowest BCUT2D eigenvalue weighted by Crippen LogP contribution is -2.35. The molecular formula is C32H35N5O6S. The van der Waals surface area contributed by atoms with Crippen LogP contribution in [0.1, 0.15) is 54.9 Å². The first kappa shape index (κ1) is 31.3. The lowest BCUT2D eigenvalue weighted by atomic mass is 9.99. The number of aliphatic hydroxyl groups excluding tert-OH is 1. The van der Waals surface area contributed by atoms with E-state index in [1.165, 1.54) is 18.7 Å². The van der Waals surface area contributed by atoms with Gasteiger partial charge >= 0.3 is 5.97 Å². The number of aromatic nitrogens is 4. The molecule has 0 spiro atoms. The van der Waals surface area contributed by atoms with Crippen LogP contribution >= 0.6 is 11.8 Å². The maximum Gasteiger partial charge on any atom is 0.303 e. The zero-order valence-corrected chi connectivity index (χ0v) is 25.6. The van der Waals surface area contributed by atoms with Gasteiger partial charge < -0.3 is 24.6 Å². The highest BCUT2D eigenvalue weighted by molar-refractivity contribution is 7.99. The molecule has 0 bridgehead atoms. The number of amides is 1. The standard InChI is InChI=1S/C32H35N5O6S/c1-20(41-21(2)39)30(40)33-17-23-5-4-6-27(15-23)24-11-13-26(14-12-24)31-42-28(19-44-32-34-35-36-37(32)3)16-29(43-31)25-9-7-22(18-38)8-10-25/h4-15,20,28-29,31,38H,16-19H2,1-3H3,(H,33,40). The Morgan fingerprint density at radius 3 is 2.48 bits per heavy atom. The van der Waals surface area contributed by atoms with Gasteiger partial charge in [-0.25, -0.2) is 4.68 Å². The first-order valence-electron chi connectivity index (χ1n) is 14.3. The van der Waals surface area contributed by atoms with Crippen LogP contribution in [0.3, 0.4) is 0 Å². The zero-order chi connectivity index (χ0) is 31.1. The number of nitrogens with zero attached hydrogens (tertiary/aromatic N) is 4. The third-order valence-corrected chi connectivity index (χ3v) is 8.36. The van der Waals surface area contributed by atoms with E-state index >= 15 is 0 Å². The third kappa shape index (κ3) is 8.08. The summed E-state index contributed by atoms with van der Waals surface area (Å²) in [4.78, 5) is 23.4. The summed E-state index contributed by atoms with van der Waals surface area (Å²) in [6.45, 7) is 3.12. The smallest absolute Gasteiger partial charge is 0.303 e. The van der Waals surface area contributed by atoms with Crippen molar-refractivity contribution in [2.24, 2.45) is 7.05 Å². The largest absolute Gasteiger partial charge is 0.453 e. The molecule has 5 rings (SSSR count). The Labute approximate surface area is 259 Å². The molecule has 0 saturated carbocycles. The normalized spacial score (nSPS) is 18.9. The second-order valence-electron chi connectivity index (χ2n) is 10.5. The fraction of sp³-hybridized carbons (Fsp3) is 0.344. The number of esters is 1. The second kappa shape index (κ2) is 14.6. The first-order chi connectivity index (χ1) is 21.3. The van der Waals surface area contributed by atoms with Crippen LogP contribution in [0.4, 0.5) is 0 Å². The highest BCUT2D eigenvalue weighted by Crippen LogP contribution is 2.39. The van der Waals surface area contributed by atoms with E-state index in [1.807, 2.05) is 72.8 Å². The number of tetrazole rings is 1. The minimum atomic E-state index is -0.853. The summed E-state index contributed by atoms with van der Waals surface area (Å²) in [7, 11) is 1.81. The number of aryl methyl sites for hydroxylation is 1. The molecule has 1 saturated heterocycles. The van der Waals surface area contributed by atoms with E-state index in [0.717, 1.165) is 33.4 Å². The van der Waals surface area contributed by atoms with E-state index in [-0.39, 0.29) is 24.7 Å². The predicted octanol–water partition coefficient (Wildman–Crippen LogP) is 4.27. The molecule has 4 unspecified atom stereocenters.